The molecule has 0 aromatic carbocycles. The first kappa shape index (κ1) is 11.9. The minimum atomic E-state index is -0.544. The zero-order chi connectivity index (χ0) is 12.1. The summed E-state index contributed by atoms with van der Waals surface area (Å²) in [6, 6.07) is 3.65. The first-order chi connectivity index (χ1) is 8.25. The predicted molar refractivity (Wildman–Crippen MR) is 61.3 cm³/mol. The summed E-state index contributed by atoms with van der Waals surface area (Å²) in [7, 11) is 0. The number of furan rings is 1. The Hall–Kier alpha value is -1.59. The average Bonchev–Trinajstić information content (AvgIpc) is 2.92. The number of aliphatic hydroxyl groups is 1. The van der Waals surface area contributed by atoms with Gasteiger partial charge in [0.2, 0.25) is 0 Å². The van der Waals surface area contributed by atoms with Gasteiger partial charge < -0.3 is 18.8 Å². The van der Waals surface area contributed by atoms with E-state index in [1.165, 1.54) is 0 Å². The molecule has 17 heavy (non-hydrogen) atoms. The second kappa shape index (κ2) is 5.65. The molecule has 0 aliphatic heterocycles. The van der Waals surface area contributed by atoms with E-state index in [0.717, 1.165) is 11.6 Å². The van der Waals surface area contributed by atoms with E-state index in [4.69, 9.17) is 9.15 Å². The SMILES string of the molecule is Cc1nccn1CC(O)COCc1ccco1. The van der Waals surface area contributed by atoms with Crippen molar-refractivity contribution in [2.45, 2.75) is 26.2 Å². The van der Waals surface area contributed by atoms with Crippen molar-refractivity contribution in [2.75, 3.05) is 6.61 Å². The highest BCUT2D eigenvalue weighted by Gasteiger charge is 2.07. The number of aliphatic hydroxyl groups excluding tert-OH is 1. The summed E-state index contributed by atoms with van der Waals surface area (Å²) in [6.45, 7) is 3.05. The van der Waals surface area contributed by atoms with Gasteiger partial charge in [-0.2, -0.15) is 0 Å². The molecule has 0 fully saturated rings. The number of aryl methyl sites for hydroxylation is 1. The van der Waals surface area contributed by atoms with Gasteiger partial charge in [0.1, 0.15) is 18.2 Å². The van der Waals surface area contributed by atoms with Crippen LogP contribution in [0.2, 0.25) is 0 Å². The zero-order valence-electron chi connectivity index (χ0n) is 9.74. The standard InChI is InChI=1S/C12H16N2O3/c1-10-13-4-5-14(10)7-11(15)8-16-9-12-3-2-6-17-12/h2-6,11,15H,7-9H2,1H3. The second-order valence-electron chi connectivity index (χ2n) is 3.88. The van der Waals surface area contributed by atoms with Crippen molar-refractivity contribution < 1.29 is 14.3 Å². The molecule has 0 spiro atoms. The fourth-order valence-corrected chi connectivity index (χ4v) is 1.57. The summed E-state index contributed by atoms with van der Waals surface area (Å²) in [5.41, 5.74) is 0. The van der Waals surface area contributed by atoms with Crippen LogP contribution < -0.4 is 0 Å². The van der Waals surface area contributed by atoms with Crippen molar-refractivity contribution in [3.63, 3.8) is 0 Å². The van der Waals surface area contributed by atoms with Crippen LogP contribution in [0.3, 0.4) is 0 Å². The maximum Gasteiger partial charge on any atom is 0.129 e. The molecule has 1 atom stereocenters. The molecule has 2 rings (SSSR count). The van der Waals surface area contributed by atoms with Crippen molar-refractivity contribution in [3.05, 3.63) is 42.4 Å². The molecule has 5 heteroatoms. The molecule has 0 radical (unpaired) electrons. The molecule has 5 nitrogen and oxygen atoms in total. The topological polar surface area (TPSA) is 60.4 Å². The third-order valence-corrected chi connectivity index (χ3v) is 2.47. The second-order valence-corrected chi connectivity index (χ2v) is 3.88. The van der Waals surface area contributed by atoms with Gasteiger partial charge in [0, 0.05) is 12.4 Å². The lowest BCUT2D eigenvalue weighted by Crippen LogP contribution is -2.22. The molecule has 2 aromatic rings. The Morgan fingerprint density at radius 3 is 3.12 bits per heavy atom. The van der Waals surface area contributed by atoms with E-state index in [2.05, 4.69) is 4.98 Å². The maximum atomic E-state index is 9.77. The van der Waals surface area contributed by atoms with Crippen LogP contribution in [0.1, 0.15) is 11.6 Å². The van der Waals surface area contributed by atoms with Crippen LogP contribution in [0.5, 0.6) is 0 Å². The molecule has 92 valence electrons. The Bertz CT molecular complexity index is 436. The summed E-state index contributed by atoms with van der Waals surface area (Å²) in [5, 5.41) is 9.77. The van der Waals surface area contributed by atoms with E-state index in [-0.39, 0.29) is 6.61 Å². The van der Waals surface area contributed by atoms with Gasteiger partial charge in [0.05, 0.1) is 25.5 Å². The smallest absolute Gasteiger partial charge is 0.129 e. The Morgan fingerprint density at radius 1 is 1.59 bits per heavy atom. The monoisotopic (exact) mass is 236 g/mol. The molecular formula is C12H16N2O3. The summed E-state index contributed by atoms with van der Waals surface area (Å²) < 4.78 is 12.4. The number of ether oxygens (including phenoxy) is 1. The predicted octanol–water partition coefficient (Wildman–Crippen LogP) is 1.36. The first-order valence-electron chi connectivity index (χ1n) is 5.51. The normalized spacial score (nSPS) is 12.8. The number of imidazole rings is 1. The van der Waals surface area contributed by atoms with Gasteiger partial charge in [-0.1, -0.05) is 0 Å². The highest BCUT2D eigenvalue weighted by atomic mass is 16.5. The highest BCUT2D eigenvalue weighted by Crippen LogP contribution is 2.03. The summed E-state index contributed by atoms with van der Waals surface area (Å²) in [4.78, 5) is 4.09. The fraction of sp³-hybridized carbons (Fsp3) is 0.417. The molecule has 0 saturated carbocycles. The summed E-state index contributed by atoms with van der Waals surface area (Å²) >= 11 is 0. The highest BCUT2D eigenvalue weighted by molar-refractivity contribution is 4.96. The summed E-state index contributed by atoms with van der Waals surface area (Å²) in [6.07, 6.45) is 4.61. The third-order valence-electron chi connectivity index (χ3n) is 2.47. The number of nitrogens with zero attached hydrogens (tertiary/aromatic N) is 2. The molecule has 1 N–H and O–H groups in total. The molecule has 0 aliphatic carbocycles. The molecule has 2 aromatic heterocycles. The third kappa shape index (κ3) is 3.44. The van der Waals surface area contributed by atoms with Crippen molar-refractivity contribution in [2.24, 2.45) is 0 Å². The Morgan fingerprint density at radius 2 is 2.47 bits per heavy atom. The van der Waals surface area contributed by atoms with Crippen molar-refractivity contribution in [1.29, 1.82) is 0 Å². The molecule has 0 saturated heterocycles. The van der Waals surface area contributed by atoms with Crippen molar-refractivity contribution in [1.82, 2.24) is 9.55 Å². The molecule has 0 amide bonds. The summed E-state index contributed by atoms with van der Waals surface area (Å²) in [5.74, 6) is 1.64. The lowest BCUT2D eigenvalue weighted by molar-refractivity contribution is 0.0144. The number of aromatic nitrogens is 2. The van der Waals surface area contributed by atoms with Crippen LogP contribution in [0.4, 0.5) is 0 Å². The van der Waals surface area contributed by atoms with Gasteiger partial charge in [0.25, 0.3) is 0 Å². The maximum absolute atomic E-state index is 9.77. The van der Waals surface area contributed by atoms with Gasteiger partial charge in [-0.25, -0.2) is 4.98 Å². The number of hydrogen-bond acceptors (Lipinski definition) is 4. The minimum Gasteiger partial charge on any atom is -0.467 e. The van der Waals surface area contributed by atoms with Crippen LogP contribution >= 0.6 is 0 Å². The van der Waals surface area contributed by atoms with Gasteiger partial charge >= 0.3 is 0 Å². The lowest BCUT2D eigenvalue weighted by atomic mass is 10.3. The van der Waals surface area contributed by atoms with Crippen molar-refractivity contribution >= 4 is 0 Å². The van der Waals surface area contributed by atoms with E-state index in [0.29, 0.717) is 13.2 Å². The van der Waals surface area contributed by atoms with Crippen molar-refractivity contribution in [3.8, 4) is 0 Å². The van der Waals surface area contributed by atoms with Gasteiger partial charge in [0.15, 0.2) is 0 Å². The quantitative estimate of drug-likeness (QED) is 0.822. The van der Waals surface area contributed by atoms with E-state index >= 15 is 0 Å². The largest absolute Gasteiger partial charge is 0.467 e. The first-order valence-corrected chi connectivity index (χ1v) is 5.51. The molecular weight excluding hydrogens is 220 g/mol. The van der Waals surface area contributed by atoms with E-state index < -0.39 is 6.10 Å². The lowest BCUT2D eigenvalue weighted by Gasteiger charge is -2.12. The van der Waals surface area contributed by atoms with Gasteiger partial charge in [-0.15, -0.1) is 0 Å². The van der Waals surface area contributed by atoms with Crippen LogP contribution in [-0.4, -0.2) is 27.4 Å². The Labute approximate surface area is 99.7 Å². The molecule has 0 bridgehead atoms. The van der Waals surface area contributed by atoms with E-state index in [1.54, 1.807) is 12.5 Å². The molecule has 1 unspecified atom stereocenters. The number of rotatable bonds is 6. The van der Waals surface area contributed by atoms with Gasteiger partial charge in [-0.3, -0.25) is 0 Å². The van der Waals surface area contributed by atoms with Crippen LogP contribution in [0, 0.1) is 6.92 Å². The van der Waals surface area contributed by atoms with Gasteiger partial charge in [-0.05, 0) is 19.1 Å². The Balaban J connectivity index is 1.71. The Kier molecular flexibility index (Phi) is 3.95. The number of hydrogen-bond donors (Lipinski definition) is 1. The molecule has 0 aliphatic rings. The van der Waals surface area contributed by atoms with Crippen LogP contribution in [0.15, 0.2) is 35.2 Å². The van der Waals surface area contributed by atoms with E-state index in [1.807, 2.05) is 29.8 Å². The van der Waals surface area contributed by atoms with Crippen LogP contribution in [0.25, 0.3) is 0 Å². The van der Waals surface area contributed by atoms with E-state index in [9.17, 15) is 5.11 Å². The average molecular weight is 236 g/mol. The minimum absolute atomic E-state index is 0.276. The fourth-order valence-electron chi connectivity index (χ4n) is 1.57. The van der Waals surface area contributed by atoms with Crippen LogP contribution in [-0.2, 0) is 17.9 Å². The zero-order valence-corrected chi connectivity index (χ0v) is 9.74. The molecule has 2 heterocycles.